The minimum Gasteiger partial charge on any atom is -0.508 e. The van der Waals surface area contributed by atoms with Gasteiger partial charge in [-0.2, -0.15) is 0 Å². The van der Waals surface area contributed by atoms with Gasteiger partial charge in [-0.15, -0.1) is 0 Å². The van der Waals surface area contributed by atoms with Gasteiger partial charge in [0.1, 0.15) is 11.4 Å². The van der Waals surface area contributed by atoms with Crippen molar-refractivity contribution in [3.05, 3.63) is 72.2 Å². The first-order valence-electron chi connectivity index (χ1n) is 6.77. The Kier molecular flexibility index (Phi) is 3.62. The van der Waals surface area contributed by atoms with Gasteiger partial charge in [0.15, 0.2) is 5.69 Å². The Morgan fingerprint density at radius 2 is 1.86 bits per heavy atom. The van der Waals surface area contributed by atoms with Crippen LogP contribution in [0, 0.1) is 0 Å². The lowest BCUT2D eigenvalue weighted by Crippen LogP contribution is -2.09. The molecule has 3 rings (SSSR count). The van der Waals surface area contributed by atoms with Crippen LogP contribution in [-0.2, 0) is 6.54 Å². The zero-order valence-electron chi connectivity index (χ0n) is 11.7. The fourth-order valence-corrected chi connectivity index (χ4v) is 2.39. The van der Waals surface area contributed by atoms with E-state index in [0.717, 1.165) is 11.1 Å². The SMILES string of the molecule is O=C(O)c1c(-c2ccccc2)ncn1Cc1cccc(O)c1. The van der Waals surface area contributed by atoms with Gasteiger partial charge in [0.05, 0.1) is 6.33 Å². The number of carboxylic acids is 1. The second kappa shape index (κ2) is 5.73. The van der Waals surface area contributed by atoms with Crippen molar-refractivity contribution in [2.24, 2.45) is 0 Å². The topological polar surface area (TPSA) is 75.3 Å². The van der Waals surface area contributed by atoms with Crippen LogP contribution in [-0.4, -0.2) is 25.7 Å². The fourth-order valence-electron chi connectivity index (χ4n) is 2.39. The van der Waals surface area contributed by atoms with E-state index in [2.05, 4.69) is 4.98 Å². The Hall–Kier alpha value is -3.08. The Morgan fingerprint density at radius 1 is 1.09 bits per heavy atom. The van der Waals surface area contributed by atoms with Crippen molar-refractivity contribution >= 4 is 5.97 Å². The van der Waals surface area contributed by atoms with Gasteiger partial charge < -0.3 is 14.8 Å². The number of aromatic hydroxyl groups is 1. The normalized spacial score (nSPS) is 10.5. The van der Waals surface area contributed by atoms with E-state index in [1.807, 2.05) is 36.4 Å². The van der Waals surface area contributed by atoms with Gasteiger partial charge in [0.2, 0.25) is 0 Å². The molecule has 22 heavy (non-hydrogen) atoms. The third kappa shape index (κ3) is 2.69. The zero-order valence-corrected chi connectivity index (χ0v) is 11.7. The van der Waals surface area contributed by atoms with Crippen LogP contribution in [0.5, 0.6) is 5.75 Å². The molecule has 1 aromatic heterocycles. The minimum absolute atomic E-state index is 0.134. The number of carboxylic acid groups (broad SMARTS) is 1. The van der Waals surface area contributed by atoms with Gasteiger partial charge in [-0.05, 0) is 17.7 Å². The van der Waals surface area contributed by atoms with Crippen LogP contribution >= 0.6 is 0 Å². The molecule has 0 aliphatic carbocycles. The number of phenols is 1. The molecule has 2 N–H and O–H groups in total. The van der Waals surface area contributed by atoms with E-state index in [0.29, 0.717) is 12.2 Å². The number of aromatic carboxylic acids is 1. The highest BCUT2D eigenvalue weighted by Gasteiger charge is 2.19. The first-order chi connectivity index (χ1) is 10.6. The monoisotopic (exact) mass is 294 g/mol. The average molecular weight is 294 g/mol. The molecular weight excluding hydrogens is 280 g/mol. The number of nitrogens with zero attached hydrogens (tertiary/aromatic N) is 2. The molecule has 5 nitrogen and oxygen atoms in total. The standard InChI is InChI=1S/C17H14N2O3/c20-14-8-4-5-12(9-14)10-19-11-18-15(16(19)17(21)22)13-6-2-1-3-7-13/h1-9,11,20H,10H2,(H,21,22). The number of rotatable bonds is 4. The lowest BCUT2D eigenvalue weighted by molar-refractivity contribution is 0.0686. The first kappa shape index (κ1) is 13.9. The van der Waals surface area contributed by atoms with Gasteiger partial charge in [0.25, 0.3) is 0 Å². The van der Waals surface area contributed by atoms with Gasteiger partial charge in [-0.1, -0.05) is 42.5 Å². The molecule has 0 unspecified atom stereocenters. The molecule has 0 radical (unpaired) electrons. The van der Waals surface area contributed by atoms with E-state index in [1.165, 1.54) is 6.33 Å². The number of phenolic OH excluding ortho intramolecular Hbond substituents is 1. The largest absolute Gasteiger partial charge is 0.508 e. The third-order valence-electron chi connectivity index (χ3n) is 3.35. The summed E-state index contributed by atoms with van der Waals surface area (Å²) in [6, 6.07) is 15.9. The summed E-state index contributed by atoms with van der Waals surface area (Å²) in [5, 5.41) is 19.0. The van der Waals surface area contributed by atoms with Crippen molar-refractivity contribution < 1.29 is 15.0 Å². The van der Waals surface area contributed by atoms with Crippen molar-refractivity contribution in [2.75, 3.05) is 0 Å². The number of benzene rings is 2. The molecule has 0 atom stereocenters. The molecule has 0 saturated carbocycles. The number of hydrogen-bond donors (Lipinski definition) is 2. The van der Waals surface area contributed by atoms with Crippen molar-refractivity contribution in [1.82, 2.24) is 9.55 Å². The second-order valence-electron chi connectivity index (χ2n) is 4.91. The number of aromatic nitrogens is 2. The summed E-state index contributed by atoms with van der Waals surface area (Å²) in [5.41, 5.74) is 2.14. The maximum Gasteiger partial charge on any atom is 0.354 e. The van der Waals surface area contributed by atoms with Gasteiger partial charge in [-0.25, -0.2) is 9.78 Å². The molecule has 0 aliphatic heterocycles. The highest BCUT2D eigenvalue weighted by Crippen LogP contribution is 2.23. The van der Waals surface area contributed by atoms with E-state index in [1.54, 1.807) is 22.8 Å². The van der Waals surface area contributed by atoms with E-state index in [-0.39, 0.29) is 11.4 Å². The summed E-state index contributed by atoms with van der Waals surface area (Å²) in [6.45, 7) is 0.329. The Bertz CT molecular complexity index is 810. The number of imidazole rings is 1. The molecule has 5 heteroatoms. The van der Waals surface area contributed by atoms with Crippen LogP contribution in [0.15, 0.2) is 60.9 Å². The maximum absolute atomic E-state index is 11.6. The zero-order chi connectivity index (χ0) is 15.5. The average Bonchev–Trinajstić information content (AvgIpc) is 2.92. The van der Waals surface area contributed by atoms with Crippen LogP contribution < -0.4 is 0 Å². The van der Waals surface area contributed by atoms with E-state index in [9.17, 15) is 15.0 Å². The smallest absolute Gasteiger partial charge is 0.354 e. The van der Waals surface area contributed by atoms with Crippen LogP contribution in [0.2, 0.25) is 0 Å². The Labute approximate surface area is 127 Å². The summed E-state index contributed by atoms with van der Waals surface area (Å²) in [7, 11) is 0. The lowest BCUT2D eigenvalue weighted by atomic mass is 10.1. The lowest BCUT2D eigenvalue weighted by Gasteiger charge is -2.07. The van der Waals surface area contributed by atoms with Crippen molar-refractivity contribution in [2.45, 2.75) is 6.54 Å². The highest BCUT2D eigenvalue weighted by atomic mass is 16.4. The molecule has 0 spiro atoms. The number of carbonyl (C=O) groups is 1. The summed E-state index contributed by atoms with van der Waals surface area (Å²) < 4.78 is 1.57. The molecule has 0 bridgehead atoms. The molecule has 0 aliphatic rings. The van der Waals surface area contributed by atoms with Crippen LogP contribution in [0.4, 0.5) is 0 Å². The first-order valence-corrected chi connectivity index (χ1v) is 6.77. The maximum atomic E-state index is 11.6. The number of hydrogen-bond acceptors (Lipinski definition) is 3. The second-order valence-corrected chi connectivity index (χ2v) is 4.91. The van der Waals surface area contributed by atoms with Gasteiger partial charge >= 0.3 is 5.97 Å². The van der Waals surface area contributed by atoms with Gasteiger partial charge in [0, 0.05) is 12.1 Å². The van der Waals surface area contributed by atoms with Crippen molar-refractivity contribution in [3.8, 4) is 17.0 Å². The summed E-state index contributed by atoms with van der Waals surface area (Å²) in [4.78, 5) is 15.9. The Morgan fingerprint density at radius 3 is 2.55 bits per heavy atom. The van der Waals surface area contributed by atoms with Crippen molar-refractivity contribution in [3.63, 3.8) is 0 Å². The predicted molar refractivity (Wildman–Crippen MR) is 81.8 cm³/mol. The molecule has 1 heterocycles. The van der Waals surface area contributed by atoms with Crippen LogP contribution in [0.1, 0.15) is 16.1 Å². The molecule has 0 saturated heterocycles. The van der Waals surface area contributed by atoms with Crippen LogP contribution in [0.3, 0.4) is 0 Å². The quantitative estimate of drug-likeness (QED) is 0.775. The molecular formula is C17H14N2O3. The van der Waals surface area contributed by atoms with Gasteiger partial charge in [-0.3, -0.25) is 0 Å². The summed E-state index contributed by atoms with van der Waals surface area (Å²) in [6.07, 6.45) is 1.51. The summed E-state index contributed by atoms with van der Waals surface area (Å²) >= 11 is 0. The summed E-state index contributed by atoms with van der Waals surface area (Å²) in [5.74, 6) is -0.880. The molecule has 2 aromatic carbocycles. The van der Waals surface area contributed by atoms with Crippen LogP contribution in [0.25, 0.3) is 11.3 Å². The molecule has 110 valence electrons. The molecule has 0 fully saturated rings. The molecule has 0 amide bonds. The highest BCUT2D eigenvalue weighted by molar-refractivity contribution is 5.93. The Balaban J connectivity index is 2.02. The van der Waals surface area contributed by atoms with E-state index in [4.69, 9.17) is 0 Å². The van der Waals surface area contributed by atoms with Crippen molar-refractivity contribution in [1.29, 1.82) is 0 Å². The molecule has 3 aromatic rings. The third-order valence-corrected chi connectivity index (χ3v) is 3.35. The van der Waals surface area contributed by atoms with E-state index >= 15 is 0 Å². The minimum atomic E-state index is -1.03. The van der Waals surface area contributed by atoms with E-state index < -0.39 is 5.97 Å². The predicted octanol–water partition coefficient (Wildman–Crippen LogP) is 3.00. The fraction of sp³-hybridized carbons (Fsp3) is 0.0588.